The highest BCUT2D eigenvalue weighted by Gasteiger charge is 2.35. The van der Waals surface area contributed by atoms with Crippen molar-refractivity contribution in [2.45, 2.75) is 23.8 Å². The molecule has 0 bridgehead atoms. The van der Waals surface area contributed by atoms with E-state index in [0.717, 1.165) is 18.2 Å². The molecule has 1 aliphatic heterocycles. The highest BCUT2D eigenvalue weighted by atomic mass is 35.5. The van der Waals surface area contributed by atoms with Gasteiger partial charge in [-0.1, -0.05) is 11.6 Å². The van der Waals surface area contributed by atoms with Gasteiger partial charge in [0.1, 0.15) is 10.7 Å². The number of aliphatic hydroxyl groups is 1. The van der Waals surface area contributed by atoms with E-state index in [1.54, 1.807) is 0 Å². The summed E-state index contributed by atoms with van der Waals surface area (Å²) in [4.78, 5) is -0.120. The topological polar surface area (TPSA) is 57.6 Å². The molecule has 1 fully saturated rings. The highest BCUT2D eigenvalue weighted by Crippen LogP contribution is 2.30. The van der Waals surface area contributed by atoms with Crippen molar-refractivity contribution >= 4 is 21.6 Å². The van der Waals surface area contributed by atoms with Crippen molar-refractivity contribution in [3.63, 3.8) is 0 Å². The Labute approximate surface area is 110 Å². The third-order valence-electron chi connectivity index (χ3n) is 3.01. The largest absolute Gasteiger partial charge is 0.395 e. The van der Waals surface area contributed by atoms with E-state index in [-0.39, 0.29) is 16.5 Å². The van der Waals surface area contributed by atoms with Crippen molar-refractivity contribution in [1.29, 1.82) is 0 Å². The van der Waals surface area contributed by atoms with E-state index in [0.29, 0.717) is 19.4 Å². The van der Waals surface area contributed by atoms with Gasteiger partial charge in [0.25, 0.3) is 0 Å². The molecule has 0 spiro atoms. The zero-order valence-corrected chi connectivity index (χ0v) is 11.1. The van der Waals surface area contributed by atoms with E-state index in [2.05, 4.69) is 0 Å². The third-order valence-corrected chi connectivity index (χ3v) is 5.45. The van der Waals surface area contributed by atoms with E-state index in [1.165, 1.54) is 4.31 Å². The summed E-state index contributed by atoms with van der Waals surface area (Å²) in [6.07, 6.45) is 1.32. The number of sulfonamides is 1. The van der Waals surface area contributed by atoms with E-state index >= 15 is 0 Å². The molecular weight excluding hydrogens is 281 g/mol. The first-order valence-corrected chi connectivity index (χ1v) is 7.36. The van der Waals surface area contributed by atoms with Crippen LogP contribution in [0.4, 0.5) is 4.39 Å². The van der Waals surface area contributed by atoms with Gasteiger partial charge in [0.2, 0.25) is 10.0 Å². The molecular formula is C11H13ClFNO3S. The van der Waals surface area contributed by atoms with Gasteiger partial charge in [-0.25, -0.2) is 12.8 Å². The smallest absolute Gasteiger partial charge is 0.244 e. The summed E-state index contributed by atoms with van der Waals surface area (Å²) in [7, 11) is -3.77. The van der Waals surface area contributed by atoms with Crippen LogP contribution in [0.1, 0.15) is 12.8 Å². The molecule has 1 aromatic rings. The zero-order chi connectivity index (χ0) is 13.3. The average molecular weight is 294 g/mol. The molecule has 0 unspecified atom stereocenters. The summed E-state index contributed by atoms with van der Waals surface area (Å²) in [5.41, 5.74) is 0. The first-order chi connectivity index (χ1) is 8.46. The van der Waals surface area contributed by atoms with Gasteiger partial charge in [-0.05, 0) is 31.0 Å². The minimum absolute atomic E-state index is 0.120. The number of halogens is 2. The summed E-state index contributed by atoms with van der Waals surface area (Å²) >= 11 is 5.78. The standard InChI is InChI=1S/C11H13ClFNO3S/c12-10-6-8(13)3-4-11(10)18(16,17)14-5-1-2-9(14)7-15/h3-4,6,9,15H,1-2,5,7H2/t9-/m0/s1. The lowest BCUT2D eigenvalue weighted by atomic mass is 10.2. The molecule has 7 heteroatoms. The maximum atomic E-state index is 12.9. The Bertz CT molecular complexity index is 549. The lowest BCUT2D eigenvalue weighted by Crippen LogP contribution is -2.37. The minimum atomic E-state index is -3.77. The van der Waals surface area contributed by atoms with E-state index in [9.17, 15) is 12.8 Å². The minimum Gasteiger partial charge on any atom is -0.395 e. The van der Waals surface area contributed by atoms with Crippen LogP contribution in [0.15, 0.2) is 23.1 Å². The number of nitrogens with zero attached hydrogens (tertiary/aromatic N) is 1. The second kappa shape index (κ2) is 5.13. The molecule has 18 heavy (non-hydrogen) atoms. The molecule has 4 nitrogen and oxygen atoms in total. The van der Waals surface area contributed by atoms with Crippen molar-refractivity contribution < 1.29 is 17.9 Å². The molecule has 0 radical (unpaired) electrons. The summed E-state index contributed by atoms with van der Waals surface area (Å²) < 4.78 is 38.8. The van der Waals surface area contributed by atoms with Crippen LogP contribution in [0.25, 0.3) is 0 Å². The zero-order valence-electron chi connectivity index (χ0n) is 9.51. The van der Waals surface area contributed by atoms with Gasteiger partial charge in [-0.15, -0.1) is 0 Å². The SMILES string of the molecule is O=S(=O)(c1ccc(F)cc1Cl)N1CCC[C@H]1CO. The van der Waals surface area contributed by atoms with Crippen LogP contribution in [-0.4, -0.2) is 37.0 Å². The molecule has 2 rings (SSSR count). The fourth-order valence-electron chi connectivity index (χ4n) is 2.12. The predicted molar refractivity (Wildman–Crippen MR) is 65.4 cm³/mol. The van der Waals surface area contributed by atoms with Gasteiger partial charge in [-0.2, -0.15) is 4.31 Å². The molecule has 1 saturated heterocycles. The van der Waals surface area contributed by atoms with E-state index < -0.39 is 21.9 Å². The Morgan fingerprint density at radius 2 is 2.22 bits per heavy atom. The van der Waals surface area contributed by atoms with Crippen molar-refractivity contribution in [3.8, 4) is 0 Å². The Morgan fingerprint density at radius 3 is 2.83 bits per heavy atom. The van der Waals surface area contributed by atoms with Crippen LogP contribution < -0.4 is 0 Å². The second-order valence-corrected chi connectivity index (χ2v) is 6.44. The van der Waals surface area contributed by atoms with Gasteiger partial charge < -0.3 is 5.11 Å². The molecule has 0 saturated carbocycles. The number of aliphatic hydroxyl groups excluding tert-OH is 1. The Balaban J connectivity index is 2.42. The van der Waals surface area contributed by atoms with Crippen molar-refractivity contribution in [2.24, 2.45) is 0 Å². The molecule has 1 aromatic carbocycles. The van der Waals surface area contributed by atoms with Crippen molar-refractivity contribution in [2.75, 3.05) is 13.2 Å². The molecule has 1 atom stereocenters. The summed E-state index contributed by atoms with van der Waals surface area (Å²) in [6, 6.07) is 2.76. The van der Waals surface area contributed by atoms with Crippen LogP contribution in [-0.2, 0) is 10.0 Å². The lowest BCUT2D eigenvalue weighted by Gasteiger charge is -2.22. The van der Waals surface area contributed by atoms with Gasteiger partial charge in [0.15, 0.2) is 0 Å². The molecule has 0 aliphatic carbocycles. The summed E-state index contributed by atoms with van der Waals surface area (Å²) in [5.74, 6) is -0.584. The number of benzene rings is 1. The van der Waals surface area contributed by atoms with Crippen molar-refractivity contribution in [3.05, 3.63) is 29.0 Å². The van der Waals surface area contributed by atoms with Crippen LogP contribution in [0.5, 0.6) is 0 Å². The molecule has 1 N–H and O–H groups in total. The third kappa shape index (κ3) is 2.38. The molecule has 1 aliphatic rings. The van der Waals surface area contributed by atoms with Crippen LogP contribution in [0.2, 0.25) is 5.02 Å². The predicted octanol–water partition coefficient (Wildman–Crippen LogP) is 1.62. The number of rotatable bonds is 3. The number of hydrogen-bond donors (Lipinski definition) is 1. The Morgan fingerprint density at radius 1 is 1.50 bits per heavy atom. The maximum absolute atomic E-state index is 12.9. The summed E-state index contributed by atoms with van der Waals surface area (Å²) in [6.45, 7) is 0.124. The first kappa shape index (κ1) is 13.7. The average Bonchev–Trinajstić information content (AvgIpc) is 2.76. The van der Waals surface area contributed by atoms with Gasteiger partial charge in [0.05, 0.1) is 11.6 Å². The van der Waals surface area contributed by atoms with Crippen LogP contribution >= 0.6 is 11.6 Å². The van der Waals surface area contributed by atoms with Gasteiger partial charge >= 0.3 is 0 Å². The highest BCUT2D eigenvalue weighted by molar-refractivity contribution is 7.89. The van der Waals surface area contributed by atoms with Crippen molar-refractivity contribution in [1.82, 2.24) is 4.31 Å². The molecule has 0 aromatic heterocycles. The molecule has 1 heterocycles. The Kier molecular flexibility index (Phi) is 3.91. The molecule has 100 valence electrons. The monoisotopic (exact) mass is 293 g/mol. The van der Waals surface area contributed by atoms with Gasteiger partial charge in [-0.3, -0.25) is 0 Å². The maximum Gasteiger partial charge on any atom is 0.244 e. The quantitative estimate of drug-likeness (QED) is 0.921. The fourth-order valence-corrected chi connectivity index (χ4v) is 4.31. The summed E-state index contributed by atoms with van der Waals surface area (Å²) in [5, 5.41) is 9.02. The van der Waals surface area contributed by atoms with E-state index in [1.807, 2.05) is 0 Å². The second-order valence-electron chi connectivity index (χ2n) is 4.17. The van der Waals surface area contributed by atoms with Gasteiger partial charge in [0, 0.05) is 12.6 Å². The first-order valence-electron chi connectivity index (χ1n) is 5.54. The van der Waals surface area contributed by atoms with E-state index in [4.69, 9.17) is 16.7 Å². The van der Waals surface area contributed by atoms with Crippen LogP contribution in [0.3, 0.4) is 0 Å². The lowest BCUT2D eigenvalue weighted by molar-refractivity contribution is 0.213. The Hall–Kier alpha value is -0.690. The number of hydrogen-bond acceptors (Lipinski definition) is 3. The normalized spacial score (nSPS) is 21.4. The van der Waals surface area contributed by atoms with Crippen LogP contribution in [0, 0.1) is 5.82 Å². The molecule has 0 amide bonds. The fraction of sp³-hybridized carbons (Fsp3) is 0.455.